The zero-order valence-corrected chi connectivity index (χ0v) is 27.2. The number of rotatable bonds is 7. The molecule has 242 valence electrons. The van der Waals surface area contributed by atoms with Gasteiger partial charge in [-0.1, -0.05) is 0 Å². The standard InChI is InChI=1S/C30H31F3N5O2.C2H6S.CH3F/c1-16-9-19-10-18(11-25(40-4)27(19)36-13-16)23(34)15-37(35)14-21-24-12-22(30(2,3)39)26(32)28(38(24)29(21)33)17-5-7-20(31)8-6-17;1-3-2;1-2/h5-13,15,21,29,39H,14,34-35H2,1-4H3;1-2H3;1H3/q+1;;/b23-15-;;. The van der Waals surface area contributed by atoms with E-state index in [2.05, 4.69) is 4.98 Å². The summed E-state index contributed by atoms with van der Waals surface area (Å²) in [6, 6.07) is 12.2. The number of fused-ring (bicyclic) bond motifs is 2. The van der Waals surface area contributed by atoms with Crippen LogP contribution in [0.25, 0.3) is 27.9 Å². The van der Waals surface area contributed by atoms with Crippen LogP contribution in [0.3, 0.4) is 0 Å². The number of alkyl halides is 2. The first kappa shape index (κ1) is 35.6. The number of methoxy groups -OCH3 is 1. The lowest BCUT2D eigenvalue weighted by molar-refractivity contribution is -0.791. The predicted octanol–water partition coefficient (Wildman–Crippen LogP) is 6.28. The van der Waals surface area contributed by atoms with Gasteiger partial charge in [-0.15, -0.1) is 0 Å². The maximum Gasteiger partial charge on any atom is 0.314 e. The fraction of sp³-hybridized carbons (Fsp3) is 0.333. The number of aliphatic hydroxyl groups is 1. The van der Waals surface area contributed by atoms with E-state index in [-0.39, 0.29) is 23.4 Å². The molecule has 0 spiro atoms. The number of halogens is 4. The molecular formula is C33H40F4N5O2S+. The van der Waals surface area contributed by atoms with E-state index in [4.69, 9.17) is 16.3 Å². The van der Waals surface area contributed by atoms with E-state index < -0.39 is 29.4 Å². The van der Waals surface area contributed by atoms with Crippen molar-refractivity contribution in [2.75, 3.05) is 33.3 Å². The van der Waals surface area contributed by atoms with Crippen molar-refractivity contribution < 1.29 is 32.0 Å². The highest BCUT2D eigenvalue weighted by Gasteiger charge is 2.53. The van der Waals surface area contributed by atoms with Crippen LogP contribution in [0.1, 0.15) is 48.4 Å². The van der Waals surface area contributed by atoms with Crippen LogP contribution in [0.5, 0.6) is 5.75 Å². The Hall–Kier alpha value is -3.87. The molecule has 1 aliphatic heterocycles. The monoisotopic (exact) mass is 646 g/mol. The Labute approximate surface area is 265 Å². The van der Waals surface area contributed by atoms with Crippen molar-refractivity contribution in [2.24, 2.45) is 11.6 Å². The highest BCUT2D eigenvalue weighted by Crippen LogP contribution is 2.41. The van der Waals surface area contributed by atoms with Crippen molar-refractivity contribution in [3.63, 3.8) is 0 Å². The van der Waals surface area contributed by atoms with Crippen molar-refractivity contribution >= 4 is 28.4 Å². The summed E-state index contributed by atoms with van der Waals surface area (Å²) in [5.74, 6) is 4.80. The van der Waals surface area contributed by atoms with Crippen molar-refractivity contribution in [3.05, 3.63) is 94.9 Å². The van der Waals surface area contributed by atoms with E-state index in [0.717, 1.165) is 10.9 Å². The Morgan fingerprint density at radius 2 is 1.76 bits per heavy atom. The van der Waals surface area contributed by atoms with Crippen LogP contribution in [-0.2, 0) is 5.60 Å². The van der Waals surface area contributed by atoms with Crippen LogP contribution in [0.2, 0.25) is 0 Å². The van der Waals surface area contributed by atoms with E-state index in [1.54, 1.807) is 31.1 Å². The van der Waals surface area contributed by atoms with Gasteiger partial charge in [0.2, 0.25) is 5.82 Å². The van der Waals surface area contributed by atoms with Gasteiger partial charge in [0.25, 0.3) is 5.69 Å². The highest BCUT2D eigenvalue weighted by molar-refractivity contribution is 7.97. The summed E-state index contributed by atoms with van der Waals surface area (Å²) in [7, 11) is 2.05. The normalized spacial score (nSPS) is 15.6. The largest absolute Gasteiger partial charge is 0.494 e. The predicted molar refractivity (Wildman–Crippen MR) is 173 cm³/mol. The minimum absolute atomic E-state index is 0.000707. The smallest absolute Gasteiger partial charge is 0.314 e. The molecule has 7 nitrogen and oxygen atoms in total. The zero-order chi connectivity index (χ0) is 33.6. The number of aromatic nitrogens is 2. The van der Waals surface area contributed by atoms with Crippen molar-refractivity contribution in [2.45, 2.75) is 38.6 Å². The number of hydrogen-bond donors (Lipinski definition) is 3. The van der Waals surface area contributed by atoms with Gasteiger partial charge in [0.1, 0.15) is 17.1 Å². The average molecular weight is 647 g/mol. The summed E-state index contributed by atoms with van der Waals surface area (Å²) >= 11 is 1.75. The number of benzene rings is 2. The number of nitrogens with two attached hydrogens (primary N) is 2. The van der Waals surface area contributed by atoms with Gasteiger partial charge in [-0.25, -0.2) is 10.2 Å². The SMILES string of the molecule is CF.COc1cc(/C(N)=C/N(N)CC2c3cc(C(C)(C)O)c(F)c(-c4ccc(F)cc4)[n+]3C2F)cc2cc(C)cnc12.CSC. The highest BCUT2D eigenvalue weighted by atomic mass is 32.2. The molecule has 3 heterocycles. The molecule has 5 N–H and O–H groups in total. The molecule has 1 aliphatic rings. The first-order valence-electron chi connectivity index (χ1n) is 13.9. The summed E-state index contributed by atoms with van der Waals surface area (Å²) in [5.41, 5.74) is 8.16. The molecular weight excluding hydrogens is 606 g/mol. The summed E-state index contributed by atoms with van der Waals surface area (Å²) in [4.78, 5) is 4.44. The number of nitrogens with zero attached hydrogens (tertiary/aromatic N) is 3. The Bertz CT molecular complexity index is 1660. The molecule has 5 rings (SSSR count). The van der Waals surface area contributed by atoms with Crippen LogP contribution in [-0.4, -0.2) is 48.4 Å². The van der Waals surface area contributed by atoms with E-state index in [1.807, 2.05) is 31.6 Å². The molecule has 0 fully saturated rings. The number of pyridine rings is 2. The third kappa shape index (κ3) is 7.69. The van der Waals surface area contributed by atoms with Gasteiger partial charge in [-0.3, -0.25) is 9.37 Å². The van der Waals surface area contributed by atoms with E-state index in [9.17, 15) is 13.9 Å². The number of thioether (sulfide) groups is 1. The van der Waals surface area contributed by atoms with Crippen molar-refractivity contribution in [3.8, 4) is 17.0 Å². The number of hydrogen-bond acceptors (Lipinski definition) is 7. The third-order valence-corrected chi connectivity index (χ3v) is 7.14. The van der Waals surface area contributed by atoms with E-state index >= 15 is 8.78 Å². The number of aryl methyl sites for hydroxylation is 1. The first-order valence-corrected chi connectivity index (χ1v) is 15.6. The second-order valence-corrected chi connectivity index (χ2v) is 11.8. The lowest BCUT2D eigenvalue weighted by Crippen LogP contribution is -2.60. The zero-order valence-electron chi connectivity index (χ0n) is 26.4. The molecule has 12 heteroatoms. The Kier molecular flexibility index (Phi) is 11.8. The minimum Gasteiger partial charge on any atom is -0.494 e. The van der Waals surface area contributed by atoms with Crippen LogP contribution >= 0.6 is 11.8 Å². The van der Waals surface area contributed by atoms with Crippen LogP contribution < -0.4 is 20.9 Å². The van der Waals surface area contributed by atoms with E-state index in [1.165, 1.54) is 60.0 Å². The first-order chi connectivity index (χ1) is 21.3. The maximum absolute atomic E-state index is 15.6. The molecule has 45 heavy (non-hydrogen) atoms. The van der Waals surface area contributed by atoms with Gasteiger partial charge in [0.05, 0.1) is 32.1 Å². The maximum atomic E-state index is 15.6. The second kappa shape index (κ2) is 14.9. The Balaban J connectivity index is 0.00000104. The fourth-order valence-corrected chi connectivity index (χ4v) is 5.11. The average Bonchev–Trinajstić information content (AvgIpc) is 3.00. The molecule has 2 atom stereocenters. The summed E-state index contributed by atoms with van der Waals surface area (Å²) in [5, 5.41) is 12.8. The molecule has 2 aromatic carbocycles. The summed E-state index contributed by atoms with van der Waals surface area (Å²) in [6.07, 6.45) is 5.72. The van der Waals surface area contributed by atoms with Crippen LogP contribution in [0.4, 0.5) is 17.6 Å². The Morgan fingerprint density at radius 3 is 2.33 bits per heavy atom. The molecule has 0 bridgehead atoms. The van der Waals surface area contributed by atoms with Gasteiger partial charge in [-0.2, -0.15) is 25.1 Å². The quantitative estimate of drug-likeness (QED) is 0.0941. The van der Waals surface area contributed by atoms with E-state index in [0.29, 0.717) is 35.4 Å². The van der Waals surface area contributed by atoms with Gasteiger partial charge in [-0.05, 0) is 81.3 Å². The topological polar surface area (TPSA) is 102 Å². The molecule has 0 saturated heterocycles. The lowest BCUT2D eigenvalue weighted by atomic mass is 9.86. The molecule has 0 radical (unpaired) electrons. The van der Waals surface area contributed by atoms with Gasteiger partial charge >= 0.3 is 6.30 Å². The molecule has 0 aliphatic carbocycles. The van der Waals surface area contributed by atoms with Gasteiger partial charge in [0.15, 0.2) is 11.6 Å². The van der Waals surface area contributed by atoms with Gasteiger partial charge < -0.3 is 20.6 Å². The Morgan fingerprint density at radius 1 is 1.13 bits per heavy atom. The molecule has 0 amide bonds. The van der Waals surface area contributed by atoms with Gasteiger partial charge in [0, 0.05) is 40.5 Å². The minimum atomic E-state index is -1.61. The number of ether oxygens (including phenoxy) is 1. The third-order valence-electron chi connectivity index (χ3n) is 7.14. The van der Waals surface area contributed by atoms with Crippen LogP contribution in [0, 0.1) is 18.6 Å². The lowest BCUT2D eigenvalue weighted by Gasteiger charge is -2.33. The molecule has 2 unspecified atom stereocenters. The van der Waals surface area contributed by atoms with Crippen molar-refractivity contribution in [1.82, 2.24) is 9.99 Å². The fourth-order valence-electron chi connectivity index (χ4n) is 5.11. The van der Waals surface area contributed by atoms with Crippen LogP contribution in [0.15, 0.2) is 60.9 Å². The van der Waals surface area contributed by atoms with Crippen molar-refractivity contribution in [1.29, 1.82) is 0 Å². The summed E-state index contributed by atoms with van der Waals surface area (Å²) < 4.78 is 61.0. The molecule has 0 saturated carbocycles. The number of hydrazine groups is 1. The summed E-state index contributed by atoms with van der Waals surface area (Å²) in [6.45, 7) is 4.86. The molecule has 4 aromatic rings. The molecule has 2 aromatic heterocycles. The second-order valence-electron chi connectivity index (χ2n) is 11.0.